The number of thiocarbonyl (C=S) groups is 1. The zero-order valence-corrected chi connectivity index (χ0v) is 18.3. The number of carbonyl (C=O) groups is 2. The molecule has 2 heterocycles. The largest absolute Gasteiger partial charge is 0.494 e. The Bertz CT molecular complexity index is 1020. The van der Waals surface area contributed by atoms with Crippen LogP contribution in [0.2, 0.25) is 0 Å². The highest BCUT2D eigenvalue weighted by Crippen LogP contribution is 2.33. The minimum Gasteiger partial charge on any atom is -0.494 e. The summed E-state index contributed by atoms with van der Waals surface area (Å²) >= 11 is 6.63. The molecule has 154 valence electrons. The molecule has 4 rings (SSSR count). The van der Waals surface area contributed by atoms with Crippen LogP contribution in [-0.2, 0) is 16.0 Å². The van der Waals surface area contributed by atoms with Gasteiger partial charge in [0.15, 0.2) is 0 Å². The molecule has 0 saturated carbocycles. The second-order valence-electron chi connectivity index (χ2n) is 7.05. The van der Waals surface area contributed by atoms with Crippen molar-refractivity contribution in [2.45, 2.75) is 19.8 Å². The first-order valence-corrected chi connectivity index (χ1v) is 11.2. The van der Waals surface area contributed by atoms with Crippen LogP contribution in [0.25, 0.3) is 6.08 Å². The van der Waals surface area contributed by atoms with Crippen molar-refractivity contribution >= 4 is 51.9 Å². The van der Waals surface area contributed by atoms with E-state index in [0.29, 0.717) is 22.4 Å². The number of carbonyl (C=O) groups excluding carboxylic acids is 2. The van der Waals surface area contributed by atoms with Gasteiger partial charge in [-0.3, -0.25) is 14.5 Å². The van der Waals surface area contributed by atoms with Crippen molar-refractivity contribution in [1.82, 2.24) is 4.90 Å². The number of fused-ring (bicyclic) bond motifs is 1. The van der Waals surface area contributed by atoms with E-state index in [0.717, 1.165) is 35.4 Å². The van der Waals surface area contributed by atoms with Gasteiger partial charge in [-0.05, 0) is 55.2 Å². The topological polar surface area (TPSA) is 49.9 Å². The zero-order chi connectivity index (χ0) is 21.1. The summed E-state index contributed by atoms with van der Waals surface area (Å²) < 4.78 is 5.86. The molecule has 2 aliphatic heterocycles. The number of rotatable bonds is 5. The Morgan fingerprint density at radius 3 is 2.73 bits per heavy atom. The maximum Gasteiger partial charge on any atom is 0.266 e. The number of amides is 2. The van der Waals surface area contributed by atoms with E-state index in [1.807, 2.05) is 55.5 Å². The first-order valence-electron chi connectivity index (χ1n) is 9.93. The number of benzene rings is 2. The van der Waals surface area contributed by atoms with Crippen molar-refractivity contribution in [3.63, 3.8) is 0 Å². The van der Waals surface area contributed by atoms with E-state index in [1.165, 1.54) is 16.7 Å². The van der Waals surface area contributed by atoms with Gasteiger partial charge in [0.25, 0.3) is 5.91 Å². The van der Waals surface area contributed by atoms with E-state index in [-0.39, 0.29) is 18.4 Å². The molecule has 0 atom stereocenters. The van der Waals surface area contributed by atoms with Gasteiger partial charge in [0.1, 0.15) is 16.6 Å². The van der Waals surface area contributed by atoms with Crippen molar-refractivity contribution in [1.29, 1.82) is 0 Å². The summed E-state index contributed by atoms with van der Waals surface area (Å²) in [5.41, 5.74) is 2.98. The van der Waals surface area contributed by atoms with Gasteiger partial charge < -0.3 is 9.64 Å². The molecule has 0 unspecified atom stereocenters. The third-order valence-electron chi connectivity index (χ3n) is 5.07. The van der Waals surface area contributed by atoms with Gasteiger partial charge in [-0.2, -0.15) is 0 Å². The second-order valence-corrected chi connectivity index (χ2v) is 8.72. The summed E-state index contributed by atoms with van der Waals surface area (Å²) in [4.78, 5) is 29.6. The lowest BCUT2D eigenvalue weighted by molar-refractivity contribution is -0.127. The maximum atomic E-state index is 13.0. The Balaban J connectivity index is 1.47. The lowest BCUT2D eigenvalue weighted by Crippen LogP contribution is -2.44. The van der Waals surface area contributed by atoms with Crippen LogP contribution in [0.4, 0.5) is 5.69 Å². The van der Waals surface area contributed by atoms with E-state index in [1.54, 1.807) is 11.0 Å². The second kappa shape index (κ2) is 9.02. The van der Waals surface area contributed by atoms with Crippen molar-refractivity contribution in [3.8, 4) is 5.75 Å². The molecule has 2 aromatic carbocycles. The van der Waals surface area contributed by atoms with Gasteiger partial charge in [0, 0.05) is 12.2 Å². The van der Waals surface area contributed by atoms with Crippen molar-refractivity contribution in [2.24, 2.45) is 0 Å². The molecule has 0 radical (unpaired) electrons. The number of aryl methyl sites for hydroxylation is 1. The monoisotopic (exact) mass is 438 g/mol. The molecular weight excluding hydrogens is 416 g/mol. The molecule has 2 aliphatic rings. The highest BCUT2D eigenvalue weighted by Gasteiger charge is 2.35. The molecule has 0 bridgehead atoms. The lowest BCUT2D eigenvalue weighted by Gasteiger charge is -2.30. The molecule has 30 heavy (non-hydrogen) atoms. The highest BCUT2D eigenvalue weighted by molar-refractivity contribution is 8.26. The molecule has 0 spiro atoms. The van der Waals surface area contributed by atoms with Crippen LogP contribution >= 0.6 is 24.0 Å². The molecule has 2 aromatic rings. The van der Waals surface area contributed by atoms with Gasteiger partial charge in [0.05, 0.1) is 11.5 Å². The van der Waals surface area contributed by atoms with Gasteiger partial charge in [0.2, 0.25) is 5.91 Å². The first-order chi connectivity index (χ1) is 14.6. The van der Waals surface area contributed by atoms with Crippen molar-refractivity contribution < 1.29 is 14.3 Å². The van der Waals surface area contributed by atoms with Gasteiger partial charge in [-0.25, -0.2) is 0 Å². The smallest absolute Gasteiger partial charge is 0.266 e. The SMILES string of the molecule is CCOc1ccc(/C=C2\SC(=S)N(CC(=O)N3CCCc4ccccc43)C2=O)cc1. The Kier molecular flexibility index (Phi) is 6.20. The average Bonchev–Trinajstić information content (AvgIpc) is 3.02. The fourth-order valence-electron chi connectivity index (χ4n) is 3.63. The summed E-state index contributed by atoms with van der Waals surface area (Å²) in [5, 5.41) is 0. The number of ether oxygens (including phenoxy) is 1. The normalized spacial score (nSPS) is 17.4. The Labute approximate surface area is 185 Å². The number of nitrogens with zero attached hydrogens (tertiary/aromatic N) is 2. The van der Waals surface area contributed by atoms with Crippen LogP contribution in [0, 0.1) is 0 Å². The Hall–Kier alpha value is -2.64. The third-order valence-corrected chi connectivity index (χ3v) is 6.44. The summed E-state index contributed by atoms with van der Waals surface area (Å²) in [6.07, 6.45) is 3.68. The fraction of sp³-hybridized carbons (Fsp3) is 0.261. The van der Waals surface area contributed by atoms with E-state index >= 15 is 0 Å². The first kappa shape index (κ1) is 20.6. The molecule has 7 heteroatoms. The summed E-state index contributed by atoms with van der Waals surface area (Å²) in [5.74, 6) is 0.452. The van der Waals surface area contributed by atoms with Gasteiger partial charge in [-0.1, -0.05) is 54.3 Å². The number of hydrogen-bond donors (Lipinski definition) is 0. The van der Waals surface area contributed by atoms with Crippen LogP contribution in [0.15, 0.2) is 53.4 Å². The minimum atomic E-state index is -0.225. The van der Waals surface area contributed by atoms with Crippen molar-refractivity contribution in [2.75, 3.05) is 24.6 Å². The third kappa shape index (κ3) is 4.27. The predicted octanol–water partition coefficient (Wildman–Crippen LogP) is 4.27. The molecule has 5 nitrogen and oxygen atoms in total. The minimum absolute atomic E-state index is 0.0420. The standard InChI is InChI=1S/C23H22N2O3S2/c1-2-28-18-11-9-16(10-12-18)14-20-22(27)25(23(29)30-20)15-21(26)24-13-5-7-17-6-3-4-8-19(17)24/h3-4,6,8-12,14H,2,5,7,13,15H2,1H3/b20-14-. The number of hydrogen-bond acceptors (Lipinski definition) is 5. The summed E-state index contributed by atoms with van der Waals surface area (Å²) in [6, 6.07) is 15.5. The van der Waals surface area contributed by atoms with E-state index < -0.39 is 0 Å². The fourth-order valence-corrected chi connectivity index (χ4v) is 4.88. The maximum absolute atomic E-state index is 13.0. The van der Waals surface area contributed by atoms with Crippen LogP contribution in [-0.4, -0.2) is 40.7 Å². The van der Waals surface area contributed by atoms with E-state index in [2.05, 4.69) is 0 Å². The van der Waals surface area contributed by atoms with Crippen LogP contribution in [0.1, 0.15) is 24.5 Å². The molecule has 0 N–H and O–H groups in total. The molecule has 1 saturated heterocycles. The average molecular weight is 439 g/mol. The quantitative estimate of drug-likeness (QED) is 0.516. The highest BCUT2D eigenvalue weighted by atomic mass is 32.2. The van der Waals surface area contributed by atoms with Gasteiger partial charge in [-0.15, -0.1) is 0 Å². The van der Waals surface area contributed by atoms with Crippen LogP contribution in [0.5, 0.6) is 5.75 Å². The Morgan fingerprint density at radius 2 is 1.97 bits per heavy atom. The zero-order valence-electron chi connectivity index (χ0n) is 16.7. The lowest BCUT2D eigenvalue weighted by atomic mass is 10.0. The molecular formula is C23H22N2O3S2. The molecule has 0 aliphatic carbocycles. The summed E-state index contributed by atoms with van der Waals surface area (Å²) in [7, 11) is 0. The van der Waals surface area contributed by atoms with E-state index in [9.17, 15) is 9.59 Å². The van der Waals surface area contributed by atoms with Gasteiger partial charge >= 0.3 is 0 Å². The Morgan fingerprint density at radius 1 is 1.20 bits per heavy atom. The van der Waals surface area contributed by atoms with Crippen LogP contribution < -0.4 is 9.64 Å². The molecule has 0 aromatic heterocycles. The number of thioether (sulfide) groups is 1. The van der Waals surface area contributed by atoms with Crippen LogP contribution in [0.3, 0.4) is 0 Å². The molecule has 2 amide bonds. The number of anilines is 1. The predicted molar refractivity (Wildman–Crippen MR) is 125 cm³/mol. The van der Waals surface area contributed by atoms with Crippen molar-refractivity contribution in [3.05, 3.63) is 64.6 Å². The number of para-hydroxylation sites is 1. The molecule has 1 fully saturated rings. The van der Waals surface area contributed by atoms with E-state index in [4.69, 9.17) is 17.0 Å². The summed E-state index contributed by atoms with van der Waals surface area (Å²) in [6.45, 7) is 3.16.